The fourth-order valence-corrected chi connectivity index (χ4v) is 1.61. The van der Waals surface area contributed by atoms with Crippen molar-refractivity contribution in [3.05, 3.63) is 11.9 Å². The quantitative estimate of drug-likeness (QED) is 0.319. The SMILES string of the molecule is CP(N)C=CC(N)=[N+]1CCNCC1. The highest BCUT2D eigenvalue weighted by molar-refractivity contribution is 7.57. The second-order valence-corrected chi connectivity index (χ2v) is 4.77. The molecule has 0 amide bonds. The highest BCUT2D eigenvalue weighted by atomic mass is 31.1. The molecule has 1 rings (SSSR count). The first-order chi connectivity index (χ1) is 6.20. The van der Waals surface area contributed by atoms with Crippen molar-refractivity contribution in [2.24, 2.45) is 11.2 Å². The number of nitrogens with zero attached hydrogens (tertiary/aromatic N) is 1. The Morgan fingerprint density at radius 2 is 2.08 bits per heavy atom. The van der Waals surface area contributed by atoms with Gasteiger partial charge in [-0.3, -0.25) is 10.3 Å². The normalized spacial score (nSPS) is 20.6. The van der Waals surface area contributed by atoms with Gasteiger partial charge in [-0.2, -0.15) is 0 Å². The molecular formula is C8H18N4P+. The maximum Gasteiger partial charge on any atom is 0.267 e. The summed E-state index contributed by atoms with van der Waals surface area (Å²) in [7, 11) is -0.478. The summed E-state index contributed by atoms with van der Waals surface area (Å²) in [6.45, 7) is 6.00. The van der Waals surface area contributed by atoms with Crippen molar-refractivity contribution in [2.45, 2.75) is 0 Å². The van der Waals surface area contributed by atoms with E-state index in [0.717, 1.165) is 32.0 Å². The van der Waals surface area contributed by atoms with E-state index in [4.69, 9.17) is 11.2 Å². The number of nitrogens with two attached hydrogens (primary N) is 2. The van der Waals surface area contributed by atoms with Crippen LogP contribution in [0.25, 0.3) is 0 Å². The monoisotopic (exact) mass is 201 g/mol. The maximum atomic E-state index is 5.88. The van der Waals surface area contributed by atoms with Crippen LogP contribution in [0.3, 0.4) is 0 Å². The van der Waals surface area contributed by atoms with Gasteiger partial charge in [0.05, 0.1) is 13.1 Å². The minimum atomic E-state index is -0.478. The minimum Gasteiger partial charge on any atom is -0.309 e. The van der Waals surface area contributed by atoms with Crippen LogP contribution in [0.2, 0.25) is 0 Å². The lowest BCUT2D eigenvalue weighted by molar-refractivity contribution is -0.532. The third-order valence-corrected chi connectivity index (χ3v) is 2.58. The maximum absolute atomic E-state index is 5.88. The highest BCUT2D eigenvalue weighted by Gasteiger charge is 2.09. The van der Waals surface area contributed by atoms with E-state index in [0.29, 0.717) is 0 Å². The van der Waals surface area contributed by atoms with Gasteiger partial charge in [0.15, 0.2) is 0 Å². The van der Waals surface area contributed by atoms with Crippen molar-refractivity contribution in [2.75, 3.05) is 32.8 Å². The van der Waals surface area contributed by atoms with Gasteiger partial charge in [0, 0.05) is 19.2 Å². The number of nitrogens with one attached hydrogen (secondary N) is 1. The van der Waals surface area contributed by atoms with Gasteiger partial charge in [0.2, 0.25) is 0 Å². The van der Waals surface area contributed by atoms with Crippen LogP contribution in [0.1, 0.15) is 0 Å². The zero-order chi connectivity index (χ0) is 9.68. The number of hydrogen-bond donors (Lipinski definition) is 3. The summed E-state index contributed by atoms with van der Waals surface area (Å²) < 4.78 is 2.17. The fraction of sp³-hybridized carbons (Fsp3) is 0.625. The van der Waals surface area contributed by atoms with Crippen LogP contribution in [-0.2, 0) is 0 Å². The van der Waals surface area contributed by atoms with Gasteiger partial charge in [-0.05, 0) is 20.6 Å². The molecule has 0 radical (unpaired) electrons. The first-order valence-corrected chi connectivity index (χ1v) is 6.36. The zero-order valence-corrected chi connectivity index (χ0v) is 8.93. The Bertz CT molecular complexity index is 214. The Labute approximate surface area is 80.5 Å². The Morgan fingerprint density at radius 1 is 1.46 bits per heavy atom. The number of piperazine rings is 1. The third-order valence-electron chi connectivity index (χ3n) is 1.96. The van der Waals surface area contributed by atoms with Crippen LogP contribution in [0.5, 0.6) is 0 Å². The zero-order valence-electron chi connectivity index (χ0n) is 8.03. The van der Waals surface area contributed by atoms with E-state index < -0.39 is 8.07 Å². The number of amidine groups is 1. The topological polar surface area (TPSA) is 67.1 Å². The first kappa shape index (κ1) is 10.6. The molecule has 5 N–H and O–H groups in total. The second-order valence-electron chi connectivity index (χ2n) is 3.14. The first-order valence-electron chi connectivity index (χ1n) is 4.44. The molecule has 0 spiro atoms. The number of rotatable bonds is 2. The van der Waals surface area contributed by atoms with Gasteiger partial charge in [0.1, 0.15) is 0 Å². The van der Waals surface area contributed by atoms with E-state index in [1.807, 2.05) is 18.6 Å². The molecule has 0 aromatic carbocycles. The van der Waals surface area contributed by atoms with Crippen molar-refractivity contribution < 1.29 is 4.58 Å². The molecule has 1 heterocycles. The van der Waals surface area contributed by atoms with Crippen molar-refractivity contribution in [1.82, 2.24) is 5.32 Å². The average molecular weight is 201 g/mol. The number of hydrogen-bond acceptors (Lipinski definition) is 2. The molecule has 0 bridgehead atoms. The van der Waals surface area contributed by atoms with Gasteiger partial charge >= 0.3 is 0 Å². The summed E-state index contributed by atoms with van der Waals surface area (Å²) in [4.78, 5) is 0. The van der Waals surface area contributed by atoms with E-state index in [-0.39, 0.29) is 0 Å². The average Bonchev–Trinajstić information content (AvgIpc) is 2.15. The summed E-state index contributed by atoms with van der Waals surface area (Å²) in [5.74, 6) is 2.81. The lowest BCUT2D eigenvalue weighted by atomic mass is 10.4. The van der Waals surface area contributed by atoms with Crippen LogP contribution in [-0.4, -0.2) is 43.3 Å². The van der Waals surface area contributed by atoms with Gasteiger partial charge in [0.25, 0.3) is 5.84 Å². The Hall–Kier alpha value is -0.440. The molecular weight excluding hydrogens is 183 g/mol. The molecule has 1 aliphatic heterocycles. The van der Waals surface area contributed by atoms with E-state index >= 15 is 0 Å². The van der Waals surface area contributed by atoms with E-state index in [1.54, 1.807) is 0 Å². The third kappa shape index (κ3) is 3.85. The minimum absolute atomic E-state index is 0.478. The summed E-state index contributed by atoms with van der Waals surface area (Å²) in [5.41, 5.74) is 11.5. The van der Waals surface area contributed by atoms with E-state index in [9.17, 15) is 0 Å². The molecule has 5 heteroatoms. The standard InChI is InChI=1S/C8H17N4P/c1-13(10)7-2-8(9)12-5-3-11-4-6-12/h2,7,9,11H,3-6,10H2,1H3/p+1. The fourth-order valence-electron chi connectivity index (χ4n) is 1.22. The summed E-state index contributed by atoms with van der Waals surface area (Å²) in [5, 5.41) is 3.28. The molecule has 0 aromatic heterocycles. The summed E-state index contributed by atoms with van der Waals surface area (Å²) in [6.07, 6.45) is 1.93. The van der Waals surface area contributed by atoms with Crippen molar-refractivity contribution in [3.63, 3.8) is 0 Å². The molecule has 0 aliphatic carbocycles. The van der Waals surface area contributed by atoms with Crippen LogP contribution >= 0.6 is 8.07 Å². The molecule has 0 aromatic rings. The van der Waals surface area contributed by atoms with Gasteiger partial charge in [-0.25, -0.2) is 0 Å². The van der Waals surface area contributed by atoms with E-state index in [1.165, 1.54) is 0 Å². The molecule has 4 nitrogen and oxygen atoms in total. The van der Waals surface area contributed by atoms with E-state index in [2.05, 4.69) is 9.89 Å². The molecule has 1 saturated heterocycles. The van der Waals surface area contributed by atoms with Crippen molar-refractivity contribution in [3.8, 4) is 0 Å². The predicted octanol–water partition coefficient (Wildman–Crippen LogP) is -0.542. The largest absolute Gasteiger partial charge is 0.309 e. The van der Waals surface area contributed by atoms with Gasteiger partial charge in [-0.1, -0.05) is 0 Å². The molecule has 74 valence electrons. The molecule has 1 fully saturated rings. The Morgan fingerprint density at radius 3 is 2.62 bits per heavy atom. The van der Waals surface area contributed by atoms with Crippen LogP contribution < -0.4 is 16.6 Å². The van der Waals surface area contributed by atoms with Crippen LogP contribution in [0.4, 0.5) is 0 Å². The molecule has 1 atom stereocenters. The summed E-state index contributed by atoms with van der Waals surface area (Å²) >= 11 is 0. The van der Waals surface area contributed by atoms with Crippen LogP contribution in [0, 0.1) is 0 Å². The van der Waals surface area contributed by atoms with Gasteiger partial charge < -0.3 is 10.8 Å². The second kappa shape index (κ2) is 5.32. The van der Waals surface area contributed by atoms with Crippen LogP contribution in [0.15, 0.2) is 11.9 Å². The smallest absolute Gasteiger partial charge is 0.267 e. The predicted molar refractivity (Wildman–Crippen MR) is 58.2 cm³/mol. The molecule has 13 heavy (non-hydrogen) atoms. The van der Waals surface area contributed by atoms with Crippen molar-refractivity contribution >= 4 is 13.9 Å². The van der Waals surface area contributed by atoms with Crippen molar-refractivity contribution in [1.29, 1.82) is 0 Å². The lowest BCUT2D eigenvalue weighted by Gasteiger charge is -2.15. The van der Waals surface area contributed by atoms with Gasteiger partial charge in [-0.15, -0.1) is 0 Å². The highest BCUT2D eigenvalue weighted by Crippen LogP contribution is 2.19. The molecule has 0 saturated carbocycles. The molecule has 1 unspecified atom stereocenters. The Kier molecular flexibility index (Phi) is 4.36. The lowest BCUT2D eigenvalue weighted by Crippen LogP contribution is -2.42. The molecule has 1 aliphatic rings. The summed E-state index contributed by atoms with van der Waals surface area (Å²) in [6, 6.07) is 0. The Balaban J connectivity index is 2.56.